The number of rotatable bonds is 3. The fraction of sp³-hybridized carbons (Fsp3) is 0.0909. The molecule has 0 spiro atoms. The molecule has 2 rings (SSSR count). The van der Waals surface area contributed by atoms with E-state index in [1.807, 2.05) is 0 Å². The van der Waals surface area contributed by atoms with Gasteiger partial charge in [-0.3, -0.25) is 10.1 Å². The van der Waals surface area contributed by atoms with Crippen molar-refractivity contribution < 1.29 is 18.8 Å². The normalized spacial score (nSPS) is 10.2. The number of nitro benzene ring substituents is 1. The fourth-order valence-electron chi connectivity index (χ4n) is 1.51. The number of aromatic nitrogens is 2. The third-order valence-electron chi connectivity index (χ3n) is 2.38. The van der Waals surface area contributed by atoms with Crippen LogP contribution in [0.3, 0.4) is 0 Å². The van der Waals surface area contributed by atoms with Gasteiger partial charge in [-0.15, -0.1) is 0 Å². The van der Waals surface area contributed by atoms with Crippen LogP contribution in [-0.4, -0.2) is 27.8 Å². The Morgan fingerprint density at radius 1 is 1.53 bits per heavy atom. The molecule has 0 saturated heterocycles. The molecule has 0 saturated carbocycles. The number of methoxy groups -OCH3 is 1. The molecule has 98 valence electrons. The first-order valence-electron chi connectivity index (χ1n) is 5.10. The minimum Gasteiger partial charge on any atom is -0.465 e. The number of ether oxygens (including phenoxy) is 1. The van der Waals surface area contributed by atoms with E-state index < -0.39 is 22.4 Å². The van der Waals surface area contributed by atoms with Crippen molar-refractivity contribution in [1.29, 1.82) is 0 Å². The van der Waals surface area contributed by atoms with Gasteiger partial charge in [-0.1, -0.05) is 0 Å². The highest BCUT2D eigenvalue weighted by Crippen LogP contribution is 2.23. The third-order valence-corrected chi connectivity index (χ3v) is 2.38. The van der Waals surface area contributed by atoms with Gasteiger partial charge in [0.15, 0.2) is 0 Å². The quantitative estimate of drug-likeness (QED) is 0.479. The SMILES string of the molecule is COC(=O)c1cnn(-c2ccc(F)cc2[N+](=O)[O-])c1. The molecule has 19 heavy (non-hydrogen) atoms. The molecule has 0 aliphatic carbocycles. The number of hydrogen-bond donors (Lipinski definition) is 0. The summed E-state index contributed by atoms with van der Waals surface area (Å²) in [4.78, 5) is 21.4. The van der Waals surface area contributed by atoms with Gasteiger partial charge < -0.3 is 4.74 Å². The Labute approximate surface area is 106 Å². The molecule has 8 heteroatoms. The summed E-state index contributed by atoms with van der Waals surface area (Å²) >= 11 is 0. The Morgan fingerprint density at radius 3 is 2.89 bits per heavy atom. The van der Waals surface area contributed by atoms with Crippen LogP contribution >= 0.6 is 0 Å². The number of carbonyl (C=O) groups excluding carboxylic acids is 1. The highest BCUT2D eigenvalue weighted by Gasteiger charge is 2.18. The summed E-state index contributed by atoms with van der Waals surface area (Å²) in [7, 11) is 1.21. The van der Waals surface area contributed by atoms with E-state index >= 15 is 0 Å². The summed E-state index contributed by atoms with van der Waals surface area (Å²) in [6.45, 7) is 0. The zero-order valence-electron chi connectivity index (χ0n) is 9.74. The average molecular weight is 265 g/mol. The molecule has 0 amide bonds. The summed E-state index contributed by atoms with van der Waals surface area (Å²) in [5.74, 6) is -1.34. The van der Waals surface area contributed by atoms with E-state index in [9.17, 15) is 19.3 Å². The molecule has 0 aliphatic heterocycles. The van der Waals surface area contributed by atoms with Gasteiger partial charge in [-0.2, -0.15) is 5.10 Å². The van der Waals surface area contributed by atoms with Crippen LogP contribution in [0.4, 0.5) is 10.1 Å². The number of nitro groups is 1. The van der Waals surface area contributed by atoms with Crippen molar-refractivity contribution in [3.8, 4) is 5.69 Å². The summed E-state index contributed by atoms with van der Waals surface area (Å²) in [5, 5.41) is 14.7. The maximum atomic E-state index is 13.0. The molecule has 0 bridgehead atoms. The van der Waals surface area contributed by atoms with Crippen molar-refractivity contribution in [3.63, 3.8) is 0 Å². The van der Waals surface area contributed by atoms with E-state index in [4.69, 9.17) is 0 Å². The van der Waals surface area contributed by atoms with Gasteiger partial charge in [0, 0.05) is 6.20 Å². The van der Waals surface area contributed by atoms with E-state index in [0.29, 0.717) is 0 Å². The van der Waals surface area contributed by atoms with Crippen LogP contribution in [0.1, 0.15) is 10.4 Å². The first-order chi connectivity index (χ1) is 9.02. The van der Waals surface area contributed by atoms with Crippen LogP contribution in [0, 0.1) is 15.9 Å². The lowest BCUT2D eigenvalue weighted by Gasteiger charge is -2.02. The number of nitrogens with zero attached hydrogens (tertiary/aromatic N) is 3. The largest absolute Gasteiger partial charge is 0.465 e. The average Bonchev–Trinajstić information content (AvgIpc) is 2.87. The van der Waals surface area contributed by atoms with Crippen molar-refractivity contribution in [2.75, 3.05) is 7.11 Å². The van der Waals surface area contributed by atoms with Crippen LogP contribution in [0.5, 0.6) is 0 Å². The Hall–Kier alpha value is -2.77. The van der Waals surface area contributed by atoms with Crippen molar-refractivity contribution in [3.05, 3.63) is 52.1 Å². The van der Waals surface area contributed by atoms with E-state index in [1.54, 1.807) is 0 Å². The number of halogens is 1. The van der Waals surface area contributed by atoms with Gasteiger partial charge in [-0.05, 0) is 12.1 Å². The Bertz CT molecular complexity index is 653. The van der Waals surface area contributed by atoms with Crippen LogP contribution in [0.15, 0.2) is 30.6 Å². The molecule has 1 heterocycles. The third kappa shape index (κ3) is 2.41. The molecule has 1 aromatic carbocycles. The summed E-state index contributed by atoms with van der Waals surface area (Å²) < 4.78 is 18.6. The van der Waals surface area contributed by atoms with Gasteiger partial charge in [-0.25, -0.2) is 13.9 Å². The first kappa shape index (κ1) is 12.7. The second kappa shape index (κ2) is 4.84. The molecule has 7 nitrogen and oxygen atoms in total. The topological polar surface area (TPSA) is 87.3 Å². The van der Waals surface area contributed by atoms with E-state index in [-0.39, 0.29) is 11.3 Å². The molecule has 0 aliphatic rings. The zero-order valence-corrected chi connectivity index (χ0v) is 9.74. The lowest BCUT2D eigenvalue weighted by atomic mass is 10.2. The Balaban J connectivity index is 2.50. The monoisotopic (exact) mass is 265 g/mol. The molecule has 0 N–H and O–H groups in total. The van der Waals surface area contributed by atoms with Crippen molar-refractivity contribution in [2.24, 2.45) is 0 Å². The number of carbonyl (C=O) groups is 1. The fourth-order valence-corrected chi connectivity index (χ4v) is 1.51. The lowest BCUT2D eigenvalue weighted by Crippen LogP contribution is -2.02. The zero-order chi connectivity index (χ0) is 14.0. The summed E-state index contributed by atoms with van der Waals surface area (Å²) in [6, 6.07) is 3.07. The minimum absolute atomic E-state index is 0.0570. The van der Waals surface area contributed by atoms with Crippen molar-refractivity contribution >= 4 is 11.7 Å². The van der Waals surface area contributed by atoms with Gasteiger partial charge in [0.05, 0.1) is 29.9 Å². The van der Waals surface area contributed by atoms with Gasteiger partial charge in [0.25, 0.3) is 5.69 Å². The second-order valence-corrected chi connectivity index (χ2v) is 3.56. The maximum Gasteiger partial charge on any atom is 0.341 e. The molecule has 0 unspecified atom stereocenters. The predicted octanol–water partition coefficient (Wildman–Crippen LogP) is 1.71. The number of hydrogen-bond acceptors (Lipinski definition) is 5. The summed E-state index contributed by atoms with van der Waals surface area (Å²) in [5.41, 5.74) is -0.248. The molecule has 2 aromatic rings. The second-order valence-electron chi connectivity index (χ2n) is 3.56. The molecule has 0 atom stereocenters. The first-order valence-corrected chi connectivity index (χ1v) is 5.10. The number of benzene rings is 1. The molecular formula is C11H8FN3O4. The Kier molecular flexibility index (Phi) is 3.23. The van der Waals surface area contributed by atoms with E-state index in [1.165, 1.54) is 25.6 Å². The minimum atomic E-state index is -0.726. The van der Waals surface area contributed by atoms with Crippen LogP contribution in [0.25, 0.3) is 5.69 Å². The molecule has 0 fully saturated rings. The molecule has 1 aromatic heterocycles. The van der Waals surface area contributed by atoms with E-state index in [2.05, 4.69) is 9.84 Å². The van der Waals surface area contributed by atoms with Crippen molar-refractivity contribution in [1.82, 2.24) is 9.78 Å². The van der Waals surface area contributed by atoms with Gasteiger partial charge >= 0.3 is 5.97 Å². The lowest BCUT2D eigenvalue weighted by molar-refractivity contribution is -0.384. The van der Waals surface area contributed by atoms with Gasteiger partial charge in [0.2, 0.25) is 0 Å². The number of esters is 1. The maximum absolute atomic E-state index is 13.0. The van der Waals surface area contributed by atoms with Gasteiger partial charge in [0.1, 0.15) is 11.5 Å². The standard InChI is InChI=1S/C11H8FN3O4/c1-19-11(16)7-5-13-14(6-7)9-3-2-8(12)4-10(9)15(17)18/h2-6H,1H3. The van der Waals surface area contributed by atoms with Crippen molar-refractivity contribution in [2.45, 2.75) is 0 Å². The highest BCUT2D eigenvalue weighted by molar-refractivity contribution is 5.88. The molecule has 0 radical (unpaired) electrons. The van der Waals surface area contributed by atoms with Crippen LogP contribution < -0.4 is 0 Å². The summed E-state index contributed by atoms with van der Waals surface area (Å²) in [6.07, 6.45) is 2.48. The molecular weight excluding hydrogens is 257 g/mol. The van der Waals surface area contributed by atoms with E-state index in [0.717, 1.165) is 16.8 Å². The van der Waals surface area contributed by atoms with Crippen LogP contribution in [-0.2, 0) is 4.74 Å². The highest BCUT2D eigenvalue weighted by atomic mass is 19.1. The smallest absolute Gasteiger partial charge is 0.341 e. The Morgan fingerprint density at radius 2 is 2.26 bits per heavy atom. The van der Waals surface area contributed by atoms with Crippen LogP contribution in [0.2, 0.25) is 0 Å². The predicted molar refractivity (Wildman–Crippen MR) is 61.5 cm³/mol.